The van der Waals surface area contributed by atoms with Gasteiger partial charge < -0.3 is 9.73 Å². The lowest BCUT2D eigenvalue weighted by Gasteiger charge is -2.13. The minimum absolute atomic E-state index is 0.0216. The smallest absolute Gasteiger partial charge is 0.287 e. The lowest BCUT2D eigenvalue weighted by molar-refractivity contribution is 0.0904. The molecule has 25 heavy (non-hydrogen) atoms. The van der Waals surface area contributed by atoms with Gasteiger partial charge >= 0.3 is 0 Å². The number of fused-ring (bicyclic) bond motifs is 1. The topological polar surface area (TPSA) is 59.3 Å². The van der Waals surface area contributed by atoms with E-state index in [1.807, 2.05) is 19.1 Å². The van der Waals surface area contributed by atoms with Crippen molar-refractivity contribution in [1.82, 2.24) is 5.32 Å². The second-order valence-electron chi connectivity index (χ2n) is 6.67. The number of Topliss-reactive ketones (excluding diaryl/α,β-unsaturated/α-hetero) is 1. The third kappa shape index (κ3) is 4.03. The van der Waals surface area contributed by atoms with Crippen LogP contribution in [-0.2, 0) is 12.8 Å². The van der Waals surface area contributed by atoms with E-state index in [0.717, 1.165) is 30.2 Å². The number of hydrogen-bond acceptors (Lipinski definition) is 3. The van der Waals surface area contributed by atoms with Gasteiger partial charge in [0.15, 0.2) is 11.5 Å². The van der Waals surface area contributed by atoms with Crippen LogP contribution in [0.2, 0.25) is 0 Å². The molecule has 1 aliphatic rings. The van der Waals surface area contributed by atoms with Crippen LogP contribution in [-0.4, -0.2) is 17.7 Å². The number of carbonyl (C=O) groups is 2. The summed E-state index contributed by atoms with van der Waals surface area (Å²) >= 11 is 3.43. The molecule has 3 rings (SSSR count). The number of ketones is 1. The van der Waals surface area contributed by atoms with Crippen LogP contribution >= 0.6 is 15.9 Å². The minimum Gasteiger partial charge on any atom is -0.455 e. The van der Waals surface area contributed by atoms with Crippen LogP contribution in [0.1, 0.15) is 64.0 Å². The molecule has 5 heteroatoms. The van der Waals surface area contributed by atoms with Gasteiger partial charge in [0, 0.05) is 28.9 Å². The summed E-state index contributed by atoms with van der Waals surface area (Å²) in [5.74, 6) is 0.810. The molecule has 1 atom stereocenters. The van der Waals surface area contributed by atoms with E-state index in [0.29, 0.717) is 23.3 Å². The summed E-state index contributed by atoms with van der Waals surface area (Å²) in [6.07, 6.45) is 3.79. The van der Waals surface area contributed by atoms with Gasteiger partial charge in [0.05, 0.1) is 5.56 Å². The number of carbonyl (C=O) groups excluding carboxylic acids is 2. The van der Waals surface area contributed by atoms with Crippen molar-refractivity contribution in [3.05, 3.63) is 56.9 Å². The Morgan fingerprint density at radius 3 is 2.68 bits per heavy atom. The molecular weight excluding hydrogens is 382 g/mol. The summed E-state index contributed by atoms with van der Waals surface area (Å²) in [5.41, 5.74) is 2.54. The quantitative estimate of drug-likeness (QED) is 0.791. The highest BCUT2D eigenvalue weighted by atomic mass is 79.9. The summed E-state index contributed by atoms with van der Waals surface area (Å²) < 4.78 is 6.77. The van der Waals surface area contributed by atoms with E-state index in [1.165, 1.54) is 5.56 Å². The van der Waals surface area contributed by atoms with Crippen molar-refractivity contribution in [3.63, 3.8) is 0 Å². The maximum Gasteiger partial charge on any atom is 0.287 e. The first-order valence-electron chi connectivity index (χ1n) is 8.66. The number of rotatable bonds is 5. The van der Waals surface area contributed by atoms with Crippen molar-refractivity contribution in [1.29, 1.82) is 0 Å². The van der Waals surface area contributed by atoms with Gasteiger partial charge in [0.25, 0.3) is 5.91 Å². The van der Waals surface area contributed by atoms with Gasteiger partial charge in [-0.1, -0.05) is 28.1 Å². The molecule has 1 amide bonds. The van der Waals surface area contributed by atoms with Crippen molar-refractivity contribution >= 4 is 27.6 Å². The molecule has 2 aromatic rings. The molecule has 0 saturated carbocycles. The molecule has 1 N–H and O–H groups in total. The van der Waals surface area contributed by atoms with E-state index >= 15 is 0 Å². The Balaban J connectivity index is 1.62. The van der Waals surface area contributed by atoms with Gasteiger partial charge in [-0.25, -0.2) is 0 Å². The van der Waals surface area contributed by atoms with E-state index in [2.05, 4.69) is 33.4 Å². The van der Waals surface area contributed by atoms with Crippen LogP contribution in [0, 0.1) is 6.92 Å². The van der Waals surface area contributed by atoms with Crippen LogP contribution in [0.5, 0.6) is 0 Å². The highest BCUT2D eigenvalue weighted by Gasteiger charge is 2.29. The zero-order valence-corrected chi connectivity index (χ0v) is 16.1. The zero-order chi connectivity index (χ0) is 18.0. The molecule has 0 aliphatic heterocycles. The molecular formula is C20H22BrNO3. The van der Waals surface area contributed by atoms with Crippen molar-refractivity contribution < 1.29 is 14.0 Å². The first-order valence-corrected chi connectivity index (χ1v) is 9.45. The molecule has 0 spiro atoms. The lowest BCUT2D eigenvalue weighted by atomic mass is 9.94. The zero-order valence-electron chi connectivity index (χ0n) is 14.5. The Kier molecular flexibility index (Phi) is 5.42. The fourth-order valence-electron chi connectivity index (χ4n) is 3.26. The summed E-state index contributed by atoms with van der Waals surface area (Å²) in [4.78, 5) is 24.6. The highest BCUT2D eigenvalue weighted by molar-refractivity contribution is 9.10. The summed E-state index contributed by atoms with van der Waals surface area (Å²) in [7, 11) is 0. The average Bonchev–Trinajstić information content (AvgIpc) is 2.92. The predicted molar refractivity (Wildman–Crippen MR) is 100 cm³/mol. The monoisotopic (exact) mass is 403 g/mol. The fraction of sp³-hybridized carbons (Fsp3) is 0.400. The highest BCUT2D eigenvalue weighted by Crippen LogP contribution is 2.29. The van der Waals surface area contributed by atoms with Crippen LogP contribution < -0.4 is 5.32 Å². The Morgan fingerprint density at radius 1 is 1.28 bits per heavy atom. The molecule has 1 aromatic carbocycles. The first kappa shape index (κ1) is 17.9. The van der Waals surface area contributed by atoms with Crippen LogP contribution in [0.4, 0.5) is 0 Å². The molecule has 4 nitrogen and oxygen atoms in total. The van der Waals surface area contributed by atoms with Gasteiger partial charge in [0.1, 0.15) is 5.76 Å². The predicted octanol–water partition coefficient (Wildman–Crippen LogP) is 4.62. The molecule has 0 bridgehead atoms. The van der Waals surface area contributed by atoms with Gasteiger partial charge in [0.2, 0.25) is 0 Å². The number of hydrogen-bond donors (Lipinski definition) is 1. The Morgan fingerprint density at radius 2 is 2.00 bits per heavy atom. The SMILES string of the molecule is Cc1c(C(=O)NC(C)CCc2ccc(Br)cc2)oc2c1C(=O)CCC2. The largest absolute Gasteiger partial charge is 0.455 e. The van der Waals surface area contributed by atoms with Crippen LogP contribution in [0.3, 0.4) is 0 Å². The fourth-order valence-corrected chi connectivity index (χ4v) is 3.53. The van der Waals surface area contributed by atoms with E-state index < -0.39 is 0 Å². The maximum atomic E-state index is 12.5. The third-order valence-electron chi connectivity index (χ3n) is 4.67. The number of nitrogens with one attached hydrogen (secondary N) is 1. The molecule has 0 fully saturated rings. The lowest BCUT2D eigenvalue weighted by Crippen LogP contribution is -2.33. The van der Waals surface area contributed by atoms with E-state index in [-0.39, 0.29) is 23.5 Å². The van der Waals surface area contributed by atoms with E-state index in [9.17, 15) is 9.59 Å². The molecule has 1 aliphatic carbocycles. The van der Waals surface area contributed by atoms with Gasteiger partial charge in [-0.2, -0.15) is 0 Å². The average molecular weight is 404 g/mol. The number of furan rings is 1. The van der Waals surface area contributed by atoms with Crippen molar-refractivity contribution in [2.75, 3.05) is 0 Å². The molecule has 1 unspecified atom stereocenters. The van der Waals surface area contributed by atoms with Crippen molar-refractivity contribution in [3.8, 4) is 0 Å². The Bertz CT molecular complexity index is 792. The number of aryl methyl sites for hydroxylation is 2. The summed E-state index contributed by atoms with van der Waals surface area (Å²) in [6.45, 7) is 3.78. The minimum atomic E-state index is -0.233. The number of benzene rings is 1. The summed E-state index contributed by atoms with van der Waals surface area (Å²) in [6, 6.07) is 8.22. The van der Waals surface area contributed by atoms with Gasteiger partial charge in [-0.3, -0.25) is 9.59 Å². The molecule has 132 valence electrons. The summed E-state index contributed by atoms with van der Waals surface area (Å²) in [5, 5.41) is 2.99. The van der Waals surface area contributed by atoms with E-state index in [4.69, 9.17) is 4.42 Å². The van der Waals surface area contributed by atoms with Gasteiger partial charge in [-0.15, -0.1) is 0 Å². The molecule has 1 aromatic heterocycles. The number of halogens is 1. The third-order valence-corrected chi connectivity index (χ3v) is 5.20. The Labute approximate surface area is 156 Å². The second-order valence-corrected chi connectivity index (χ2v) is 7.59. The maximum absolute atomic E-state index is 12.5. The van der Waals surface area contributed by atoms with Gasteiger partial charge in [-0.05, 0) is 50.8 Å². The normalized spacial score (nSPS) is 14.9. The molecule has 1 heterocycles. The van der Waals surface area contributed by atoms with Crippen molar-refractivity contribution in [2.24, 2.45) is 0 Å². The molecule has 0 radical (unpaired) electrons. The van der Waals surface area contributed by atoms with Crippen molar-refractivity contribution in [2.45, 2.75) is 52.0 Å². The first-order chi connectivity index (χ1) is 12.0. The number of amides is 1. The standard InChI is InChI=1S/C20H22BrNO3/c1-12(6-7-14-8-10-15(21)11-9-14)22-20(24)19-13(2)18-16(23)4-3-5-17(18)25-19/h8-12H,3-7H2,1-2H3,(H,22,24). The second kappa shape index (κ2) is 7.56. The van der Waals surface area contributed by atoms with E-state index in [1.54, 1.807) is 6.92 Å². The molecule has 0 saturated heterocycles. The van der Waals surface area contributed by atoms with Crippen LogP contribution in [0.15, 0.2) is 33.2 Å². The Hall–Kier alpha value is -1.88. The van der Waals surface area contributed by atoms with Crippen LogP contribution in [0.25, 0.3) is 0 Å².